The minimum atomic E-state index is -0.786. The molecule has 2 aromatic rings. The maximum atomic E-state index is 11.9. The fourth-order valence-electron chi connectivity index (χ4n) is 1.76. The molecule has 0 radical (unpaired) electrons. The number of carbonyl (C=O) groups is 2. The molecule has 0 aliphatic heterocycles. The third-order valence-corrected chi connectivity index (χ3v) is 3.37. The first kappa shape index (κ1) is 17.7. The van der Waals surface area contributed by atoms with Crippen molar-refractivity contribution < 1.29 is 19.2 Å². The van der Waals surface area contributed by atoms with Crippen molar-refractivity contribution in [2.75, 3.05) is 11.9 Å². The van der Waals surface area contributed by atoms with E-state index in [4.69, 9.17) is 27.9 Å². The average Bonchev–Trinajstić information content (AvgIpc) is 2.53. The first-order chi connectivity index (χ1) is 11.4. The molecule has 0 spiro atoms. The number of esters is 1. The number of anilines is 1. The van der Waals surface area contributed by atoms with Crippen LogP contribution in [0.5, 0.6) is 0 Å². The van der Waals surface area contributed by atoms with E-state index in [-0.39, 0.29) is 22.0 Å². The van der Waals surface area contributed by atoms with E-state index in [1.54, 1.807) is 0 Å². The number of rotatable bonds is 5. The molecule has 9 heteroatoms. The summed E-state index contributed by atoms with van der Waals surface area (Å²) in [5.41, 5.74) is 0.122. The number of nitro benzene ring substituents is 1. The monoisotopic (exact) mass is 368 g/mol. The number of halogens is 2. The number of nitro groups is 1. The van der Waals surface area contributed by atoms with Crippen molar-refractivity contribution in [2.45, 2.75) is 0 Å². The van der Waals surface area contributed by atoms with Crippen molar-refractivity contribution >= 4 is 46.5 Å². The molecule has 0 fully saturated rings. The van der Waals surface area contributed by atoms with Gasteiger partial charge in [0.2, 0.25) is 0 Å². The van der Waals surface area contributed by atoms with E-state index in [0.29, 0.717) is 5.02 Å². The lowest BCUT2D eigenvalue weighted by molar-refractivity contribution is -0.384. The standard InChI is InChI=1S/C15H10Cl2N2O5/c16-9-4-5-12(13(17)6-9)15(21)24-8-14(20)18-10-2-1-3-11(7-10)19(22)23/h1-7H,8H2,(H,18,20). The molecule has 0 atom stereocenters. The van der Waals surface area contributed by atoms with Gasteiger partial charge in [-0.2, -0.15) is 0 Å². The van der Waals surface area contributed by atoms with E-state index in [0.717, 1.165) is 0 Å². The Balaban J connectivity index is 1.94. The van der Waals surface area contributed by atoms with Gasteiger partial charge >= 0.3 is 5.97 Å². The summed E-state index contributed by atoms with van der Waals surface area (Å²) in [6.07, 6.45) is 0. The second kappa shape index (κ2) is 7.76. The molecule has 0 aliphatic carbocycles. The van der Waals surface area contributed by atoms with Gasteiger partial charge in [0, 0.05) is 22.8 Å². The Kier molecular flexibility index (Phi) is 5.73. The molecule has 2 rings (SSSR count). The molecule has 0 saturated carbocycles. The summed E-state index contributed by atoms with van der Waals surface area (Å²) >= 11 is 11.6. The van der Waals surface area contributed by atoms with Crippen LogP contribution in [0.1, 0.15) is 10.4 Å². The highest BCUT2D eigenvalue weighted by Crippen LogP contribution is 2.21. The Morgan fingerprint density at radius 3 is 2.58 bits per heavy atom. The molecule has 2 aromatic carbocycles. The number of nitrogens with one attached hydrogen (secondary N) is 1. The zero-order chi connectivity index (χ0) is 17.7. The van der Waals surface area contributed by atoms with Crippen LogP contribution < -0.4 is 5.32 Å². The molecule has 124 valence electrons. The minimum absolute atomic E-state index is 0.0733. The number of carbonyl (C=O) groups excluding carboxylic acids is 2. The highest BCUT2D eigenvalue weighted by Gasteiger charge is 2.14. The number of hydrogen-bond acceptors (Lipinski definition) is 5. The van der Waals surface area contributed by atoms with Crippen molar-refractivity contribution in [3.05, 3.63) is 68.2 Å². The highest BCUT2D eigenvalue weighted by atomic mass is 35.5. The van der Waals surface area contributed by atoms with Crippen LogP contribution in [0, 0.1) is 10.1 Å². The molecule has 0 heterocycles. The van der Waals surface area contributed by atoms with Gasteiger partial charge < -0.3 is 10.1 Å². The van der Waals surface area contributed by atoms with Gasteiger partial charge in [0.25, 0.3) is 11.6 Å². The van der Waals surface area contributed by atoms with E-state index >= 15 is 0 Å². The maximum Gasteiger partial charge on any atom is 0.340 e. The van der Waals surface area contributed by atoms with Gasteiger partial charge in [-0.05, 0) is 24.3 Å². The predicted molar refractivity (Wildman–Crippen MR) is 88.5 cm³/mol. The summed E-state index contributed by atoms with van der Waals surface area (Å²) in [5.74, 6) is -1.43. The molecule has 1 N–H and O–H groups in total. The van der Waals surface area contributed by atoms with E-state index in [1.165, 1.54) is 42.5 Å². The Labute approximate surface area is 146 Å². The molecular weight excluding hydrogens is 359 g/mol. The van der Waals surface area contributed by atoms with Gasteiger partial charge in [-0.25, -0.2) is 4.79 Å². The van der Waals surface area contributed by atoms with E-state index in [1.807, 2.05) is 0 Å². The first-order valence-corrected chi connectivity index (χ1v) is 7.29. The molecule has 0 saturated heterocycles. The number of ether oxygens (including phenoxy) is 1. The lowest BCUT2D eigenvalue weighted by Crippen LogP contribution is -2.21. The summed E-state index contributed by atoms with van der Waals surface area (Å²) in [5, 5.41) is 13.5. The molecule has 0 aromatic heterocycles. The van der Waals surface area contributed by atoms with Crippen LogP contribution in [0.4, 0.5) is 11.4 Å². The van der Waals surface area contributed by atoms with Crippen LogP contribution in [0.2, 0.25) is 10.0 Å². The lowest BCUT2D eigenvalue weighted by Gasteiger charge is -2.07. The van der Waals surface area contributed by atoms with Crippen molar-refractivity contribution in [3.8, 4) is 0 Å². The van der Waals surface area contributed by atoms with Crippen LogP contribution in [0.15, 0.2) is 42.5 Å². The maximum absolute atomic E-state index is 11.9. The second-order valence-corrected chi connectivity index (χ2v) is 5.40. The Bertz CT molecular complexity index is 810. The van der Waals surface area contributed by atoms with Gasteiger partial charge in [-0.3, -0.25) is 14.9 Å². The third kappa shape index (κ3) is 4.68. The molecule has 7 nitrogen and oxygen atoms in total. The topological polar surface area (TPSA) is 98.5 Å². The van der Waals surface area contributed by atoms with Gasteiger partial charge in [-0.15, -0.1) is 0 Å². The van der Waals surface area contributed by atoms with E-state index in [2.05, 4.69) is 5.32 Å². The van der Waals surface area contributed by atoms with E-state index in [9.17, 15) is 19.7 Å². The summed E-state index contributed by atoms with van der Waals surface area (Å²) in [6, 6.07) is 9.60. The van der Waals surface area contributed by atoms with Crippen LogP contribution >= 0.6 is 23.2 Å². The quantitative estimate of drug-likeness (QED) is 0.492. The van der Waals surface area contributed by atoms with E-state index < -0.39 is 23.4 Å². The predicted octanol–water partition coefficient (Wildman–Crippen LogP) is 3.70. The molecule has 0 unspecified atom stereocenters. The van der Waals surface area contributed by atoms with Crippen LogP contribution in [0.3, 0.4) is 0 Å². The average molecular weight is 369 g/mol. The van der Waals surface area contributed by atoms with Crippen LogP contribution in [0.25, 0.3) is 0 Å². The van der Waals surface area contributed by atoms with Gasteiger partial charge in [0.05, 0.1) is 15.5 Å². The molecule has 0 aliphatic rings. The Morgan fingerprint density at radius 2 is 1.92 bits per heavy atom. The number of hydrogen-bond donors (Lipinski definition) is 1. The zero-order valence-corrected chi connectivity index (χ0v) is 13.5. The normalized spacial score (nSPS) is 10.1. The van der Waals surface area contributed by atoms with Crippen LogP contribution in [-0.2, 0) is 9.53 Å². The van der Waals surface area contributed by atoms with Gasteiger partial charge in [0.1, 0.15) is 0 Å². The second-order valence-electron chi connectivity index (χ2n) is 4.56. The highest BCUT2D eigenvalue weighted by molar-refractivity contribution is 6.36. The summed E-state index contributed by atoms with van der Waals surface area (Å²) < 4.78 is 4.85. The zero-order valence-electron chi connectivity index (χ0n) is 12.0. The molecular formula is C15H10Cl2N2O5. The Hall–Kier alpha value is -2.64. The third-order valence-electron chi connectivity index (χ3n) is 2.83. The number of non-ortho nitro benzene ring substituents is 1. The number of benzene rings is 2. The first-order valence-electron chi connectivity index (χ1n) is 6.53. The number of nitrogens with zero attached hydrogens (tertiary/aromatic N) is 1. The van der Waals surface area contributed by atoms with Crippen molar-refractivity contribution in [3.63, 3.8) is 0 Å². The fraction of sp³-hybridized carbons (Fsp3) is 0.0667. The molecule has 24 heavy (non-hydrogen) atoms. The molecule has 0 bridgehead atoms. The smallest absolute Gasteiger partial charge is 0.340 e. The summed E-state index contributed by atoms with van der Waals surface area (Å²) in [4.78, 5) is 33.7. The van der Waals surface area contributed by atoms with Crippen molar-refractivity contribution in [1.29, 1.82) is 0 Å². The largest absolute Gasteiger partial charge is 0.452 e. The van der Waals surface area contributed by atoms with Crippen LogP contribution in [-0.4, -0.2) is 23.4 Å². The molecule has 1 amide bonds. The lowest BCUT2D eigenvalue weighted by atomic mass is 10.2. The van der Waals surface area contributed by atoms with Gasteiger partial charge in [0.15, 0.2) is 6.61 Å². The van der Waals surface area contributed by atoms with Gasteiger partial charge in [-0.1, -0.05) is 29.3 Å². The minimum Gasteiger partial charge on any atom is -0.452 e. The Morgan fingerprint density at radius 1 is 1.17 bits per heavy atom. The summed E-state index contributed by atoms with van der Waals surface area (Å²) in [7, 11) is 0. The van der Waals surface area contributed by atoms with Crippen molar-refractivity contribution in [1.82, 2.24) is 0 Å². The number of amides is 1. The van der Waals surface area contributed by atoms with Crippen molar-refractivity contribution in [2.24, 2.45) is 0 Å². The summed E-state index contributed by atoms with van der Waals surface area (Å²) in [6.45, 7) is -0.569. The fourth-order valence-corrected chi connectivity index (χ4v) is 2.24. The SMILES string of the molecule is O=C(COC(=O)c1ccc(Cl)cc1Cl)Nc1cccc([N+](=O)[O-])c1.